The topological polar surface area (TPSA) is 92.5 Å². The number of nitrogens with two attached hydrogens (primary N) is 2. The molecule has 4 nitrogen and oxygen atoms in total. The number of rotatable bonds is 1. The Labute approximate surface area is 78.7 Å². The molecule has 0 aliphatic rings. The van der Waals surface area contributed by atoms with Gasteiger partial charge in [0.15, 0.2) is 0 Å². The molecule has 0 atom stereocenters. The first kappa shape index (κ1) is 14.6. The molecule has 0 fully saturated rings. The quantitative estimate of drug-likeness (QED) is 0.305. The predicted octanol–water partition coefficient (Wildman–Crippen LogP) is 1.65. The van der Waals surface area contributed by atoms with Gasteiger partial charge in [0.05, 0.1) is 0 Å². The molecule has 76 valence electrons. The normalized spacial score (nSPS) is 7.92. The fourth-order valence-corrected chi connectivity index (χ4v) is 0.838. The molecule has 0 radical (unpaired) electrons. The molecule has 0 aliphatic heterocycles. The Bertz CT molecular complexity index is 178. The molecule has 0 saturated carbocycles. The fourth-order valence-electron chi connectivity index (χ4n) is 0.838. The predicted molar refractivity (Wildman–Crippen MR) is 54.2 cm³/mol. The summed E-state index contributed by atoms with van der Waals surface area (Å²) in [6, 6.07) is 10.5. The van der Waals surface area contributed by atoms with Gasteiger partial charge < -0.3 is 0 Å². The highest BCUT2D eigenvalue weighted by Gasteiger charge is 1.93. The van der Waals surface area contributed by atoms with Crippen molar-refractivity contribution in [1.29, 1.82) is 0 Å². The van der Waals surface area contributed by atoms with E-state index in [1.165, 1.54) is 5.56 Å². The minimum Gasteiger partial charge on any atom is -0.274 e. The third-order valence-corrected chi connectivity index (χ3v) is 1.47. The zero-order chi connectivity index (χ0) is 10.7. The van der Waals surface area contributed by atoms with Crippen molar-refractivity contribution in [1.82, 2.24) is 0 Å². The molecule has 0 spiro atoms. The molecule has 1 aromatic carbocycles. The second-order valence-corrected chi connectivity index (χ2v) is 2.57. The van der Waals surface area contributed by atoms with E-state index in [4.69, 9.17) is 10.5 Å². The number of hydrogen-bond donors (Lipinski definition) is 4. The first-order valence-electron chi connectivity index (χ1n) is 3.89. The van der Waals surface area contributed by atoms with Gasteiger partial charge in [-0.15, -0.1) is 0 Å². The van der Waals surface area contributed by atoms with Crippen LogP contribution in [0.3, 0.4) is 0 Å². The van der Waals surface area contributed by atoms with Crippen molar-refractivity contribution in [2.45, 2.75) is 19.8 Å². The van der Waals surface area contributed by atoms with Crippen LogP contribution in [-0.2, 0) is 0 Å². The third-order valence-electron chi connectivity index (χ3n) is 1.47. The number of benzene rings is 1. The SMILES string of the molecule is CC(C)c1ccccc1.NN.OO. The number of hydrogen-bond acceptors (Lipinski definition) is 4. The lowest BCUT2D eigenvalue weighted by Crippen LogP contribution is -2.02. The van der Waals surface area contributed by atoms with Gasteiger partial charge in [0.2, 0.25) is 0 Å². The zero-order valence-corrected chi connectivity index (χ0v) is 8.01. The maximum Gasteiger partial charge on any atom is -0.0219 e. The van der Waals surface area contributed by atoms with Crippen molar-refractivity contribution in [3.8, 4) is 0 Å². The van der Waals surface area contributed by atoms with Crippen LogP contribution in [-0.4, -0.2) is 10.5 Å². The lowest BCUT2D eigenvalue weighted by Gasteiger charge is -2.01. The summed E-state index contributed by atoms with van der Waals surface area (Å²) in [7, 11) is 0. The molecule has 1 aromatic rings. The van der Waals surface area contributed by atoms with Crippen LogP contribution in [0.1, 0.15) is 25.3 Å². The van der Waals surface area contributed by atoms with E-state index >= 15 is 0 Å². The Morgan fingerprint density at radius 2 is 1.38 bits per heavy atom. The van der Waals surface area contributed by atoms with E-state index in [0.29, 0.717) is 5.92 Å². The molecule has 0 amide bonds. The Hall–Kier alpha value is -0.940. The van der Waals surface area contributed by atoms with E-state index in [-0.39, 0.29) is 0 Å². The van der Waals surface area contributed by atoms with E-state index in [2.05, 4.69) is 49.8 Å². The molecular weight excluding hydrogens is 168 g/mol. The Balaban J connectivity index is 0. The maximum atomic E-state index is 6.00. The summed E-state index contributed by atoms with van der Waals surface area (Å²) < 4.78 is 0. The molecule has 0 bridgehead atoms. The Morgan fingerprint density at radius 3 is 1.62 bits per heavy atom. The average Bonchev–Trinajstić information content (AvgIpc) is 2.25. The van der Waals surface area contributed by atoms with Crippen molar-refractivity contribution in [2.75, 3.05) is 0 Å². The molecule has 0 aromatic heterocycles. The van der Waals surface area contributed by atoms with Crippen LogP contribution >= 0.6 is 0 Å². The first-order valence-corrected chi connectivity index (χ1v) is 3.89. The number of hydrazine groups is 1. The summed E-state index contributed by atoms with van der Waals surface area (Å²) >= 11 is 0. The molecule has 6 N–H and O–H groups in total. The van der Waals surface area contributed by atoms with Crippen LogP contribution in [0.25, 0.3) is 0 Å². The van der Waals surface area contributed by atoms with Crippen molar-refractivity contribution in [3.05, 3.63) is 35.9 Å². The van der Waals surface area contributed by atoms with Gasteiger partial charge in [0.1, 0.15) is 0 Å². The second kappa shape index (κ2) is 11.1. The summed E-state index contributed by atoms with van der Waals surface area (Å²) in [6.07, 6.45) is 0. The Morgan fingerprint density at radius 1 is 1.00 bits per heavy atom. The van der Waals surface area contributed by atoms with Crippen LogP contribution in [0.4, 0.5) is 0 Å². The maximum absolute atomic E-state index is 6.00. The average molecular weight is 186 g/mol. The highest BCUT2D eigenvalue weighted by molar-refractivity contribution is 5.17. The molecule has 0 unspecified atom stereocenters. The molecule has 0 aliphatic carbocycles. The first-order chi connectivity index (χ1) is 6.30. The molecule has 13 heavy (non-hydrogen) atoms. The molecule has 4 heteroatoms. The van der Waals surface area contributed by atoms with Crippen molar-refractivity contribution in [2.24, 2.45) is 11.7 Å². The molecule has 1 rings (SSSR count). The van der Waals surface area contributed by atoms with Gasteiger partial charge in [0.25, 0.3) is 0 Å². The van der Waals surface area contributed by atoms with E-state index in [0.717, 1.165) is 0 Å². The lowest BCUT2D eigenvalue weighted by molar-refractivity contribution is -0.176. The van der Waals surface area contributed by atoms with Gasteiger partial charge in [0, 0.05) is 0 Å². The van der Waals surface area contributed by atoms with Crippen molar-refractivity contribution < 1.29 is 10.5 Å². The van der Waals surface area contributed by atoms with Crippen LogP contribution in [0.15, 0.2) is 30.3 Å². The van der Waals surface area contributed by atoms with Gasteiger partial charge in [-0.2, -0.15) is 0 Å². The fraction of sp³-hybridized carbons (Fsp3) is 0.333. The monoisotopic (exact) mass is 186 g/mol. The molecule has 0 saturated heterocycles. The van der Waals surface area contributed by atoms with Gasteiger partial charge in [-0.3, -0.25) is 22.2 Å². The van der Waals surface area contributed by atoms with Crippen molar-refractivity contribution in [3.63, 3.8) is 0 Å². The van der Waals surface area contributed by atoms with Gasteiger partial charge in [-0.25, -0.2) is 0 Å². The Kier molecular flexibility index (Phi) is 12.4. The van der Waals surface area contributed by atoms with Crippen LogP contribution < -0.4 is 11.7 Å². The highest BCUT2D eigenvalue weighted by atomic mass is 17.0. The zero-order valence-electron chi connectivity index (χ0n) is 8.01. The highest BCUT2D eigenvalue weighted by Crippen LogP contribution is 2.11. The summed E-state index contributed by atoms with van der Waals surface area (Å²) in [6.45, 7) is 4.41. The largest absolute Gasteiger partial charge is 0.274 e. The molecule has 0 heterocycles. The second-order valence-electron chi connectivity index (χ2n) is 2.57. The van der Waals surface area contributed by atoms with E-state index in [1.807, 2.05) is 6.07 Å². The van der Waals surface area contributed by atoms with Gasteiger partial charge in [-0.05, 0) is 11.5 Å². The van der Waals surface area contributed by atoms with E-state index < -0.39 is 0 Å². The van der Waals surface area contributed by atoms with Crippen LogP contribution in [0.2, 0.25) is 0 Å². The lowest BCUT2D eigenvalue weighted by atomic mass is 10.0. The minimum atomic E-state index is 0.659. The summed E-state index contributed by atoms with van der Waals surface area (Å²) in [5, 5.41) is 12.0. The standard InChI is InChI=1S/C9H12.H4N2.H2O2/c1-8(2)9-6-4-3-5-7-9;2*1-2/h3-8H,1-2H3;1-2H2;1-2H. The van der Waals surface area contributed by atoms with Crippen molar-refractivity contribution >= 4 is 0 Å². The van der Waals surface area contributed by atoms with Gasteiger partial charge in [-0.1, -0.05) is 44.2 Å². The van der Waals surface area contributed by atoms with E-state index in [9.17, 15) is 0 Å². The summed E-state index contributed by atoms with van der Waals surface area (Å²) in [5.41, 5.74) is 1.41. The van der Waals surface area contributed by atoms with Gasteiger partial charge >= 0.3 is 0 Å². The third kappa shape index (κ3) is 7.42. The summed E-state index contributed by atoms with van der Waals surface area (Å²) in [5.74, 6) is 8.66. The van der Waals surface area contributed by atoms with Crippen LogP contribution in [0, 0.1) is 0 Å². The minimum absolute atomic E-state index is 0.659. The molecular formula is C9H18N2O2. The van der Waals surface area contributed by atoms with E-state index in [1.54, 1.807) is 0 Å². The van der Waals surface area contributed by atoms with Crippen LogP contribution in [0.5, 0.6) is 0 Å². The smallest absolute Gasteiger partial charge is 0.0219 e. The summed E-state index contributed by atoms with van der Waals surface area (Å²) in [4.78, 5) is 0.